The van der Waals surface area contributed by atoms with Crippen LogP contribution in [0.1, 0.15) is 22.3 Å². The zero-order chi connectivity index (χ0) is 16.9. The molecule has 1 heterocycles. The first-order valence-electron chi connectivity index (χ1n) is 7.45. The molecule has 0 bridgehead atoms. The molecule has 0 saturated carbocycles. The van der Waals surface area contributed by atoms with Crippen LogP contribution in [0.25, 0.3) is 0 Å². The molecule has 1 aliphatic heterocycles. The highest BCUT2D eigenvalue weighted by atomic mass is 35.5. The van der Waals surface area contributed by atoms with Crippen molar-refractivity contribution >= 4 is 23.4 Å². The summed E-state index contributed by atoms with van der Waals surface area (Å²) in [5.41, 5.74) is 1.41. The molecule has 0 amide bonds. The van der Waals surface area contributed by atoms with E-state index < -0.39 is 5.97 Å². The van der Waals surface area contributed by atoms with Crippen LogP contribution in [0.4, 0.5) is 0 Å². The summed E-state index contributed by atoms with van der Waals surface area (Å²) in [6.45, 7) is -0.147. The minimum atomic E-state index is -0.418. The Morgan fingerprint density at radius 2 is 1.79 bits per heavy atom. The van der Waals surface area contributed by atoms with Crippen molar-refractivity contribution in [3.05, 3.63) is 58.6 Å². The van der Waals surface area contributed by atoms with Crippen molar-refractivity contribution in [1.29, 1.82) is 0 Å². The van der Waals surface area contributed by atoms with Crippen molar-refractivity contribution in [1.82, 2.24) is 0 Å². The Kier molecular flexibility index (Phi) is 5.01. The van der Waals surface area contributed by atoms with Gasteiger partial charge < -0.3 is 14.2 Å². The van der Waals surface area contributed by atoms with Crippen LogP contribution < -0.4 is 9.47 Å². The molecule has 1 aliphatic rings. The van der Waals surface area contributed by atoms with Gasteiger partial charge in [-0.2, -0.15) is 0 Å². The number of benzene rings is 2. The quantitative estimate of drug-likeness (QED) is 0.592. The molecule has 0 saturated heterocycles. The van der Waals surface area contributed by atoms with Crippen LogP contribution in [-0.2, 0) is 16.0 Å². The first-order valence-corrected chi connectivity index (χ1v) is 7.82. The highest BCUT2D eigenvalue weighted by Crippen LogP contribution is 2.32. The molecule has 2 aromatic rings. The molecule has 24 heavy (non-hydrogen) atoms. The van der Waals surface area contributed by atoms with E-state index >= 15 is 0 Å². The molecule has 3 rings (SSSR count). The average Bonchev–Trinajstić information content (AvgIpc) is 3.06. The third-order valence-electron chi connectivity index (χ3n) is 3.59. The SMILES string of the molecule is O=C(CCc1ccc(Cl)cc1)OCC(=O)c1ccc2c(c1)OCO2. The molecule has 6 heteroatoms. The number of ether oxygens (including phenoxy) is 3. The highest BCUT2D eigenvalue weighted by molar-refractivity contribution is 6.30. The standard InChI is InChI=1S/C18H15ClO5/c19-14-5-1-12(2-6-14)3-8-18(21)22-10-15(20)13-4-7-16-17(9-13)24-11-23-16/h1-2,4-7,9H,3,8,10-11H2. The predicted octanol–water partition coefficient (Wildman–Crippen LogP) is 3.43. The Hall–Kier alpha value is -2.53. The lowest BCUT2D eigenvalue weighted by atomic mass is 10.1. The number of hydrogen-bond donors (Lipinski definition) is 0. The first-order chi connectivity index (χ1) is 11.6. The van der Waals surface area contributed by atoms with Gasteiger partial charge in [-0.1, -0.05) is 23.7 Å². The van der Waals surface area contributed by atoms with Crippen LogP contribution in [0.5, 0.6) is 11.5 Å². The second-order valence-electron chi connectivity index (χ2n) is 5.28. The Bertz CT molecular complexity index is 755. The number of Topliss-reactive ketones (excluding diaryl/α,β-unsaturated/α-hetero) is 1. The number of rotatable bonds is 6. The smallest absolute Gasteiger partial charge is 0.306 e. The molecule has 2 aromatic carbocycles. The van der Waals surface area contributed by atoms with E-state index in [-0.39, 0.29) is 25.6 Å². The number of hydrogen-bond acceptors (Lipinski definition) is 5. The monoisotopic (exact) mass is 346 g/mol. The fraction of sp³-hybridized carbons (Fsp3) is 0.222. The Labute approximate surface area is 144 Å². The zero-order valence-corrected chi connectivity index (χ0v) is 13.5. The summed E-state index contributed by atoms with van der Waals surface area (Å²) < 4.78 is 15.4. The molecular weight excluding hydrogens is 332 g/mol. The van der Waals surface area contributed by atoms with E-state index in [0.29, 0.717) is 28.5 Å². The van der Waals surface area contributed by atoms with Gasteiger partial charge in [-0.15, -0.1) is 0 Å². The van der Waals surface area contributed by atoms with Crippen LogP contribution in [0, 0.1) is 0 Å². The van der Waals surface area contributed by atoms with Gasteiger partial charge in [-0.05, 0) is 42.3 Å². The molecule has 0 aromatic heterocycles. The fourth-order valence-electron chi connectivity index (χ4n) is 2.27. The van der Waals surface area contributed by atoms with E-state index in [0.717, 1.165) is 5.56 Å². The molecule has 0 atom stereocenters. The van der Waals surface area contributed by atoms with Crippen LogP contribution in [0.3, 0.4) is 0 Å². The molecule has 124 valence electrons. The molecule has 5 nitrogen and oxygen atoms in total. The summed E-state index contributed by atoms with van der Waals surface area (Å²) in [6.07, 6.45) is 0.740. The van der Waals surface area contributed by atoms with E-state index in [1.54, 1.807) is 30.3 Å². The Morgan fingerprint density at radius 1 is 1.04 bits per heavy atom. The minimum absolute atomic E-state index is 0.145. The van der Waals surface area contributed by atoms with Gasteiger partial charge in [-0.3, -0.25) is 9.59 Å². The van der Waals surface area contributed by atoms with Crippen molar-refractivity contribution in [2.45, 2.75) is 12.8 Å². The number of ketones is 1. The number of carbonyl (C=O) groups excluding carboxylic acids is 2. The summed E-state index contributed by atoms with van der Waals surface area (Å²) in [7, 11) is 0. The van der Waals surface area contributed by atoms with Crippen LogP contribution >= 0.6 is 11.6 Å². The van der Waals surface area contributed by atoms with Crippen LogP contribution in [-0.4, -0.2) is 25.2 Å². The lowest BCUT2D eigenvalue weighted by Crippen LogP contribution is -2.14. The first kappa shape index (κ1) is 16.3. The van der Waals surface area contributed by atoms with E-state index in [4.69, 9.17) is 25.8 Å². The van der Waals surface area contributed by atoms with Gasteiger partial charge in [0.25, 0.3) is 0 Å². The average molecular weight is 347 g/mol. The van der Waals surface area contributed by atoms with E-state index in [1.807, 2.05) is 12.1 Å². The van der Waals surface area contributed by atoms with Gasteiger partial charge in [0.1, 0.15) is 0 Å². The van der Waals surface area contributed by atoms with Gasteiger partial charge in [0.2, 0.25) is 6.79 Å². The topological polar surface area (TPSA) is 61.8 Å². The number of carbonyl (C=O) groups is 2. The molecule has 0 fully saturated rings. The molecule has 0 radical (unpaired) electrons. The number of esters is 1. The predicted molar refractivity (Wildman–Crippen MR) is 87.6 cm³/mol. The van der Waals surface area contributed by atoms with Crippen LogP contribution in [0.2, 0.25) is 5.02 Å². The van der Waals surface area contributed by atoms with E-state index in [1.165, 1.54) is 0 Å². The summed E-state index contributed by atoms with van der Waals surface area (Å²) >= 11 is 5.81. The van der Waals surface area contributed by atoms with Crippen molar-refractivity contribution < 1.29 is 23.8 Å². The van der Waals surface area contributed by atoms with Crippen molar-refractivity contribution in [3.8, 4) is 11.5 Å². The molecular formula is C18H15ClO5. The maximum absolute atomic E-state index is 12.1. The number of fused-ring (bicyclic) bond motifs is 1. The normalized spacial score (nSPS) is 12.0. The summed E-state index contributed by atoms with van der Waals surface area (Å²) in [5.74, 6) is 0.425. The maximum atomic E-state index is 12.1. The lowest BCUT2D eigenvalue weighted by molar-refractivity contribution is -0.142. The Morgan fingerprint density at radius 3 is 2.58 bits per heavy atom. The van der Waals surface area contributed by atoms with Gasteiger partial charge in [0, 0.05) is 17.0 Å². The highest BCUT2D eigenvalue weighted by Gasteiger charge is 2.17. The minimum Gasteiger partial charge on any atom is -0.457 e. The van der Waals surface area contributed by atoms with Gasteiger partial charge in [-0.25, -0.2) is 0 Å². The number of halogens is 1. The fourth-order valence-corrected chi connectivity index (χ4v) is 2.39. The largest absolute Gasteiger partial charge is 0.457 e. The second kappa shape index (κ2) is 7.36. The maximum Gasteiger partial charge on any atom is 0.306 e. The van der Waals surface area contributed by atoms with Gasteiger partial charge in [0.15, 0.2) is 23.9 Å². The molecule has 0 unspecified atom stereocenters. The van der Waals surface area contributed by atoms with Crippen molar-refractivity contribution in [2.24, 2.45) is 0 Å². The Balaban J connectivity index is 1.47. The lowest BCUT2D eigenvalue weighted by Gasteiger charge is -2.05. The van der Waals surface area contributed by atoms with E-state index in [9.17, 15) is 9.59 Å². The molecule has 0 spiro atoms. The third-order valence-corrected chi connectivity index (χ3v) is 3.84. The zero-order valence-electron chi connectivity index (χ0n) is 12.8. The van der Waals surface area contributed by atoms with Gasteiger partial charge >= 0.3 is 5.97 Å². The van der Waals surface area contributed by atoms with Crippen molar-refractivity contribution in [3.63, 3.8) is 0 Å². The second-order valence-corrected chi connectivity index (χ2v) is 5.71. The summed E-state index contributed by atoms with van der Waals surface area (Å²) in [4.78, 5) is 23.8. The number of aryl methyl sites for hydroxylation is 1. The van der Waals surface area contributed by atoms with Gasteiger partial charge in [0.05, 0.1) is 0 Å². The third kappa shape index (κ3) is 4.06. The molecule has 0 N–H and O–H groups in total. The van der Waals surface area contributed by atoms with Crippen molar-refractivity contribution in [2.75, 3.05) is 13.4 Å². The summed E-state index contributed by atoms with van der Waals surface area (Å²) in [6, 6.07) is 12.1. The van der Waals surface area contributed by atoms with Crippen LogP contribution in [0.15, 0.2) is 42.5 Å². The van der Waals surface area contributed by atoms with E-state index in [2.05, 4.69) is 0 Å². The summed E-state index contributed by atoms with van der Waals surface area (Å²) in [5, 5.41) is 0.649. The molecule has 0 aliphatic carbocycles.